The average Bonchev–Trinajstić information content (AvgIpc) is 2.41. The second kappa shape index (κ2) is 6.26. The number of nitrogens with zero attached hydrogens (tertiary/aromatic N) is 1. The highest BCUT2D eigenvalue weighted by Gasteiger charge is 2.22. The van der Waals surface area contributed by atoms with Crippen LogP contribution in [0.15, 0.2) is 30.3 Å². The minimum atomic E-state index is -1.38. The second-order valence-electron chi connectivity index (χ2n) is 4.50. The average molecular weight is 416 g/mol. The first-order chi connectivity index (χ1) is 10.3. The molecule has 22 heavy (non-hydrogen) atoms. The molecule has 6 nitrogen and oxygen atoms in total. The number of nitrogens with one attached hydrogen (secondary N) is 1. The van der Waals surface area contributed by atoms with Gasteiger partial charge in [0.1, 0.15) is 0 Å². The van der Waals surface area contributed by atoms with E-state index in [1.54, 1.807) is 12.1 Å². The first-order valence-electron chi connectivity index (χ1n) is 6.04. The number of carbonyl (C=O) groups is 1. The molecular formula is C14H10FIN2O4. The Kier molecular flexibility index (Phi) is 4.59. The molecule has 0 saturated carbocycles. The van der Waals surface area contributed by atoms with Gasteiger partial charge in [-0.05, 0) is 53.3 Å². The van der Waals surface area contributed by atoms with Crippen LogP contribution >= 0.6 is 22.6 Å². The monoisotopic (exact) mass is 416 g/mol. The molecule has 2 N–H and O–H groups in total. The Labute approximate surface area is 138 Å². The second-order valence-corrected chi connectivity index (χ2v) is 5.74. The molecule has 0 aliphatic rings. The van der Waals surface area contributed by atoms with E-state index in [4.69, 9.17) is 5.11 Å². The number of rotatable bonds is 4. The number of nitro benzene ring substituents is 1. The van der Waals surface area contributed by atoms with Gasteiger partial charge in [0.05, 0.1) is 16.2 Å². The number of hydrogen-bond acceptors (Lipinski definition) is 4. The molecule has 0 aliphatic heterocycles. The maximum absolute atomic E-state index is 13.7. The van der Waals surface area contributed by atoms with Crippen molar-refractivity contribution < 1.29 is 19.2 Å². The summed E-state index contributed by atoms with van der Waals surface area (Å²) in [5.74, 6) is -2.48. The Morgan fingerprint density at radius 1 is 1.32 bits per heavy atom. The van der Waals surface area contributed by atoms with Crippen molar-refractivity contribution in [3.63, 3.8) is 0 Å². The Morgan fingerprint density at radius 3 is 2.55 bits per heavy atom. The van der Waals surface area contributed by atoms with E-state index in [1.165, 1.54) is 0 Å². The molecular weight excluding hydrogens is 406 g/mol. The van der Waals surface area contributed by atoms with Crippen molar-refractivity contribution in [1.82, 2.24) is 0 Å². The largest absolute Gasteiger partial charge is 0.478 e. The molecule has 2 aromatic rings. The summed E-state index contributed by atoms with van der Waals surface area (Å²) in [5.41, 5.74) is 0.145. The van der Waals surface area contributed by atoms with Crippen LogP contribution in [-0.4, -0.2) is 16.0 Å². The predicted molar refractivity (Wildman–Crippen MR) is 87.2 cm³/mol. The molecule has 0 unspecified atom stereocenters. The van der Waals surface area contributed by atoms with Crippen molar-refractivity contribution in [2.45, 2.75) is 6.92 Å². The number of aromatic carboxylic acids is 1. The normalized spacial score (nSPS) is 10.3. The summed E-state index contributed by atoms with van der Waals surface area (Å²) >= 11 is 2.13. The zero-order valence-corrected chi connectivity index (χ0v) is 13.4. The molecule has 0 spiro atoms. The molecule has 0 heterocycles. The van der Waals surface area contributed by atoms with Gasteiger partial charge in [-0.3, -0.25) is 10.1 Å². The Hall–Kier alpha value is -2.23. The maximum Gasteiger partial charge on any atom is 0.338 e. The molecule has 0 fully saturated rings. The standard InChI is InChI=1S/C14H10FIN2O4/c1-7-4-8(16)2-3-11(7)17-12-6-10(15)13(18(21)22)5-9(12)14(19)20/h2-6,17H,1H3,(H,19,20). The number of hydrogen-bond donors (Lipinski definition) is 2. The Morgan fingerprint density at radius 2 is 2.00 bits per heavy atom. The lowest BCUT2D eigenvalue weighted by Gasteiger charge is -2.12. The zero-order chi connectivity index (χ0) is 16.4. The van der Waals surface area contributed by atoms with Crippen molar-refractivity contribution in [3.8, 4) is 0 Å². The third kappa shape index (κ3) is 3.32. The van der Waals surface area contributed by atoms with Crippen LogP contribution in [0.4, 0.5) is 21.5 Å². The van der Waals surface area contributed by atoms with Gasteiger partial charge in [-0.2, -0.15) is 4.39 Å². The quantitative estimate of drug-likeness (QED) is 0.445. The van der Waals surface area contributed by atoms with Crippen LogP contribution in [0.3, 0.4) is 0 Å². The Balaban J connectivity index is 2.52. The lowest BCUT2D eigenvalue weighted by Crippen LogP contribution is -2.06. The van der Waals surface area contributed by atoms with E-state index in [9.17, 15) is 19.3 Å². The summed E-state index contributed by atoms with van der Waals surface area (Å²) in [6.45, 7) is 1.81. The number of anilines is 2. The van der Waals surface area contributed by atoms with E-state index in [0.717, 1.165) is 15.2 Å². The highest BCUT2D eigenvalue weighted by molar-refractivity contribution is 14.1. The first-order valence-corrected chi connectivity index (χ1v) is 7.12. The van der Waals surface area contributed by atoms with E-state index < -0.39 is 22.4 Å². The van der Waals surface area contributed by atoms with Crippen molar-refractivity contribution in [2.75, 3.05) is 5.32 Å². The molecule has 0 radical (unpaired) electrons. The number of halogens is 2. The minimum Gasteiger partial charge on any atom is -0.478 e. The molecule has 2 aromatic carbocycles. The third-order valence-electron chi connectivity index (χ3n) is 2.97. The van der Waals surface area contributed by atoms with Crippen molar-refractivity contribution >= 4 is 45.6 Å². The van der Waals surface area contributed by atoms with Gasteiger partial charge in [-0.25, -0.2) is 4.79 Å². The fraction of sp³-hybridized carbons (Fsp3) is 0.0714. The van der Waals surface area contributed by atoms with Gasteiger partial charge < -0.3 is 10.4 Å². The van der Waals surface area contributed by atoms with Crippen molar-refractivity contribution in [3.05, 3.63) is 61.0 Å². The zero-order valence-electron chi connectivity index (χ0n) is 11.3. The van der Waals surface area contributed by atoms with Crippen LogP contribution in [0.5, 0.6) is 0 Å². The number of aryl methyl sites for hydroxylation is 1. The van der Waals surface area contributed by atoms with Gasteiger partial charge in [0.25, 0.3) is 0 Å². The number of nitro groups is 1. The number of benzene rings is 2. The number of carboxylic acids is 1. The summed E-state index contributed by atoms with van der Waals surface area (Å²) in [7, 11) is 0. The predicted octanol–water partition coefficient (Wildman–Crippen LogP) is 4.09. The minimum absolute atomic E-state index is 0.0418. The van der Waals surface area contributed by atoms with E-state index >= 15 is 0 Å². The fourth-order valence-electron chi connectivity index (χ4n) is 1.89. The molecule has 2 rings (SSSR count). The topological polar surface area (TPSA) is 92.5 Å². The van der Waals surface area contributed by atoms with Crippen molar-refractivity contribution in [1.29, 1.82) is 0 Å². The Bertz CT molecular complexity index is 780. The number of carboxylic acid groups (broad SMARTS) is 1. The summed E-state index contributed by atoms with van der Waals surface area (Å²) < 4.78 is 14.7. The summed E-state index contributed by atoms with van der Waals surface area (Å²) in [5, 5.41) is 22.7. The van der Waals surface area contributed by atoms with Gasteiger partial charge >= 0.3 is 11.7 Å². The van der Waals surface area contributed by atoms with Gasteiger partial charge in [-0.1, -0.05) is 0 Å². The molecule has 0 aliphatic carbocycles. The SMILES string of the molecule is Cc1cc(I)ccc1Nc1cc(F)c([N+](=O)[O-])cc1C(=O)O. The third-order valence-corrected chi connectivity index (χ3v) is 3.64. The molecule has 8 heteroatoms. The van der Waals surface area contributed by atoms with Gasteiger partial charge in [0.2, 0.25) is 5.82 Å². The van der Waals surface area contributed by atoms with E-state index in [2.05, 4.69) is 27.9 Å². The highest BCUT2D eigenvalue weighted by Crippen LogP contribution is 2.30. The van der Waals surface area contributed by atoms with Crippen LogP contribution in [0.2, 0.25) is 0 Å². The highest BCUT2D eigenvalue weighted by atomic mass is 127. The molecule has 0 saturated heterocycles. The van der Waals surface area contributed by atoms with Crippen LogP contribution in [0.25, 0.3) is 0 Å². The maximum atomic E-state index is 13.7. The van der Waals surface area contributed by atoms with Crippen molar-refractivity contribution in [2.24, 2.45) is 0 Å². The van der Waals surface area contributed by atoms with Crippen LogP contribution in [0.1, 0.15) is 15.9 Å². The van der Waals surface area contributed by atoms with Crippen LogP contribution in [-0.2, 0) is 0 Å². The fourth-order valence-corrected chi connectivity index (χ4v) is 2.54. The van der Waals surface area contributed by atoms with Gasteiger partial charge in [0, 0.05) is 21.4 Å². The lowest BCUT2D eigenvalue weighted by molar-refractivity contribution is -0.387. The first kappa shape index (κ1) is 16.1. The van der Waals surface area contributed by atoms with Crippen LogP contribution in [0, 0.1) is 26.4 Å². The summed E-state index contributed by atoms with van der Waals surface area (Å²) in [6.07, 6.45) is 0. The smallest absolute Gasteiger partial charge is 0.338 e. The van der Waals surface area contributed by atoms with E-state index in [1.807, 2.05) is 13.0 Å². The molecule has 0 aromatic heterocycles. The summed E-state index contributed by atoms with van der Waals surface area (Å²) in [4.78, 5) is 21.0. The van der Waals surface area contributed by atoms with Crippen LogP contribution < -0.4 is 5.32 Å². The molecule has 0 bridgehead atoms. The summed E-state index contributed by atoms with van der Waals surface area (Å²) in [6, 6.07) is 6.92. The van der Waals surface area contributed by atoms with Gasteiger partial charge in [0.15, 0.2) is 0 Å². The molecule has 0 amide bonds. The molecule has 0 atom stereocenters. The lowest BCUT2D eigenvalue weighted by atomic mass is 10.1. The van der Waals surface area contributed by atoms with E-state index in [0.29, 0.717) is 11.8 Å². The molecule has 114 valence electrons. The van der Waals surface area contributed by atoms with Gasteiger partial charge in [-0.15, -0.1) is 0 Å². The van der Waals surface area contributed by atoms with E-state index in [-0.39, 0.29) is 11.3 Å².